The van der Waals surface area contributed by atoms with Crippen molar-refractivity contribution >= 4 is 22.9 Å². The maximum absolute atomic E-state index is 6.96. The molecule has 0 bridgehead atoms. The van der Waals surface area contributed by atoms with E-state index in [2.05, 4.69) is 170 Å². The molecule has 0 aromatic heterocycles. The van der Waals surface area contributed by atoms with Gasteiger partial charge in [0.05, 0.1) is 12.0 Å². The van der Waals surface area contributed by atoms with Crippen LogP contribution in [0.5, 0.6) is 0 Å². The third-order valence-electron chi connectivity index (χ3n) is 11.5. The molecule has 1 aliphatic rings. The number of aliphatic imine (C=N–C) groups is 2. The number of hydrogen-bond acceptors (Lipinski definition) is 2. The minimum Gasteiger partial charge on any atom is -0.398 e. The molecule has 0 aliphatic heterocycles. The van der Waals surface area contributed by atoms with Crippen LogP contribution in [0.1, 0.15) is 55.6 Å². The van der Waals surface area contributed by atoms with Gasteiger partial charge in [0.1, 0.15) is 5.84 Å². The van der Waals surface area contributed by atoms with E-state index in [0.717, 1.165) is 50.9 Å². The molecule has 0 unspecified atom stereocenters. The van der Waals surface area contributed by atoms with Gasteiger partial charge < -0.3 is 11.5 Å². The molecule has 294 valence electrons. The molecule has 0 saturated carbocycles. The van der Waals surface area contributed by atoms with Crippen LogP contribution in [-0.4, -0.2) is 11.7 Å². The second kappa shape index (κ2) is 17.6. The first kappa shape index (κ1) is 38.7. The predicted molar refractivity (Wildman–Crippen MR) is 254 cm³/mol. The van der Waals surface area contributed by atoms with E-state index in [1.165, 1.54) is 27.8 Å². The Labute approximate surface area is 358 Å². The van der Waals surface area contributed by atoms with E-state index in [1.54, 1.807) is 0 Å². The predicted octanol–water partition coefficient (Wildman–Crippen LogP) is 12.0. The maximum Gasteiger partial charge on any atom is 0.157 e. The summed E-state index contributed by atoms with van der Waals surface area (Å²) in [6.07, 6.45) is 5.17. The lowest BCUT2D eigenvalue weighted by Gasteiger charge is -2.34. The molecule has 0 amide bonds. The van der Waals surface area contributed by atoms with Crippen LogP contribution in [0.25, 0.3) is 22.4 Å². The molecule has 0 heterocycles. The number of rotatable bonds is 11. The molecular formula is C57H46N4. The quantitative estimate of drug-likeness (QED) is 0.0778. The Morgan fingerprint density at radius 2 is 0.902 bits per heavy atom. The third kappa shape index (κ3) is 8.00. The standard InChI is InChI=1S/C57H46N4/c58-54(39-47(43-21-9-3-10-22-43)30-29-41-17-5-1-6-18-41)44-31-35-48(36-32-44)57(52-27-15-13-25-50(52)51-26-14-16-28-53(51)57)49-37-33-45(34-38-49)55(59)61-56(46-23-11-4-12-24-46)60-40-42-19-7-2-8-20-42/h1-28,30-39H,29,40,58H2,(H2,59,60,61)/b47-30+,54-39-. The number of allylic oxidation sites excluding steroid dienone is 3. The van der Waals surface area contributed by atoms with Gasteiger partial charge in [-0.1, -0.05) is 224 Å². The first-order chi connectivity index (χ1) is 30.1. The molecule has 4 heteroatoms. The molecule has 0 fully saturated rings. The Kier molecular flexibility index (Phi) is 11.1. The average Bonchev–Trinajstić information content (AvgIpc) is 3.64. The van der Waals surface area contributed by atoms with E-state index < -0.39 is 5.41 Å². The van der Waals surface area contributed by atoms with E-state index in [1.807, 2.05) is 60.7 Å². The van der Waals surface area contributed by atoms with Gasteiger partial charge in [-0.15, -0.1) is 0 Å². The summed E-state index contributed by atoms with van der Waals surface area (Å²) in [5.74, 6) is 1.000. The molecular weight excluding hydrogens is 741 g/mol. The Bertz CT molecular complexity index is 2670. The molecule has 9 rings (SSSR count). The zero-order chi connectivity index (χ0) is 41.4. The van der Waals surface area contributed by atoms with Crippen molar-refractivity contribution in [3.05, 3.63) is 286 Å². The Hall–Kier alpha value is -7.82. The summed E-state index contributed by atoms with van der Waals surface area (Å²) in [5.41, 5.74) is 28.4. The molecule has 0 saturated heterocycles. The van der Waals surface area contributed by atoms with Gasteiger partial charge in [-0.3, -0.25) is 4.99 Å². The summed E-state index contributed by atoms with van der Waals surface area (Å²) in [4.78, 5) is 9.84. The van der Waals surface area contributed by atoms with Crippen molar-refractivity contribution < 1.29 is 0 Å². The average molecular weight is 787 g/mol. The molecule has 0 atom stereocenters. The van der Waals surface area contributed by atoms with Crippen molar-refractivity contribution in [2.24, 2.45) is 21.5 Å². The molecule has 4 nitrogen and oxygen atoms in total. The summed E-state index contributed by atoms with van der Waals surface area (Å²) < 4.78 is 0. The lowest BCUT2D eigenvalue weighted by molar-refractivity contribution is 0.768. The highest BCUT2D eigenvalue weighted by atomic mass is 15.0. The SMILES string of the molecule is NC(=NC(=NCc1ccccc1)c1ccccc1)c1ccc(C2(c3ccc(/C(N)=C/C(=C\Cc4ccccc4)c4ccccc4)cc3)c3ccccc3-c3ccccc32)cc1. The molecule has 1 aliphatic carbocycles. The molecule has 4 N–H and O–H groups in total. The van der Waals surface area contributed by atoms with Crippen LogP contribution in [0, 0.1) is 0 Å². The van der Waals surface area contributed by atoms with Crippen molar-refractivity contribution in [2.75, 3.05) is 0 Å². The van der Waals surface area contributed by atoms with Gasteiger partial charge in [-0.2, -0.15) is 0 Å². The first-order valence-corrected chi connectivity index (χ1v) is 20.7. The van der Waals surface area contributed by atoms with Crippen molar-refractivity contribution in [1.29, 1.82) is 0 Å². The highest BCUT2D eigenvalue weighted by Gasteiger charge is 2.45. The first-order valence-electron chi connectivity index (χ1n) is 20.7. The van der Waals surface area contributed by atoms with Gasteiger partial charge in [0.2, 0.25) is 0 Å². The second-order valence-electron chi connectivity index (χ2n) is 15.3. The van der Waals surface area contributed by atoms with E-state index in [-0.39, 0.29) is 0 Å². The van der Waals surface area contributed by atoms with E-state index in [0.29, 0.717) is 23.9 Å². The van der Waals surface area contributed by atoms with E-state index >= 15 is 0 Å². The van der Waals surface area contributed by atoms with E-state index in [9.17, 15) is 0 Å². The Morgan fingerprint density at radius 1 is 0.443 bits per heavy atom. The van der Waals surface area contributed by atoms with Crippen molar-refractivity contribution in [3.8, 4) is 11.1 Å². The number of nitrogens with two attached hydrogens (primary N) is 2. The number of fused-ring (bicyclic) bond motifs is 3. The fourth-order valence-corrected chi connectivity index (χ4v) is 8.52. The van der Waals surface area contributed by atoms with Crippen LogP contribution in [0.15, 0.2) is 241 Å². The minimum atomic E-state index is -0.592. The highest BCUT2D eigenvalue weighted by Crippen LogP contribution is 2.56. The normalized spacial score (nSPS) is 13.7. The van der Waals surface area contributed by atoms with Crippen LogP contribution >= 0.6 is 0 Å². The van der Waals surface area contributed by atoms with Gasteiger partial charge >= 0.3 is 0 Å². The number of amidine groups is 2. The van der Waals surface area contributed by atoms with Gasteiger partial charge in [0.25, 0.3) is 0 Å². The molecule has 0 radical (unpaired) electrons. The number of benzene rings is 8. The van der Waals surface area contributed by atoms with Gasteiger partial charge in [0, 0.05) is 16.8 Å². The third-order valence-corrected chi connectivity index (χ3v) is 11.5. The summed E-state index contributed by atoms with van der Waals surface area (Å²) in [7, 11) is 0. The van der Waals surface area contributed by atoms with Crippen LogP contribution < -0.4 is 11.5 Å². The van der Waals surface area contributed by atoms with Crippen molar-refractivity contribution in [1.82, 2.24) is 0 Å². The van der Waals surface area contributed by atoms with Crippen LogP contribution in [0.2, 0.25) is 0 Å². The minimum absolute atomic E-state index is 0.405. The number of hydrogen-bond donors (Lipinski definition) is 2. The summed E-state index contributed by atoms with van der Waals surface area (Å²) in [5, 5.41) is 0. The largest absolute Gasteiger partial charge is 0.398 e. The zero-order valence-electron chi connectivity index (χ0n) is 33.9. The highest BCUT2D eigenvalue weighted by molar-refractivity contribution is 6.11. The second-order valence-corrected chi connectivity index (χ2v) is 15.3. The zero-order valence-corrected chi connectivity index (χ0v) is 33.9. The lowest BCUT2D eigenvalue weighted by atomic mass is 9.67. The fourth-order valence-electron chi connectivity index (χ4n) is 8.52. The van der Waals surface area contributed by atoms with Crippen LogP contribution in [0.4, 0.5) is 0 Å². The van der Waals surface area contributed by atoms with E-state index in [4.69, 9.17) is 21.5 Å². The monoisotopic (exact) mass is 786 g/mol. The smallest absolute Gasteiger partial charge is 0.157 e. The summed E-state index contributed by atoms with van der Waals surface area (Å²) >= 11 is 0. The fraction of sp³-hybridized carbons (Fsp3) is 0.0526. The van der Waals surface area contributed by atoms with Crippen LogP contribution in [0.3, 0.4) is 0 Å². The van der Waals surface area contributed by atoms with Crippen molar-refractivity contribution in [3.63, 3.8) is 0 Å². The summed E-state index contributed by atoms with van der Waals surface area (Å²) in [6.45, 7) is 0.501. The van der Waals surface area contributed by atoms with Crippen LogP contribution in [-0.2, 0) is 18.4 Å². The van der Waals surface area contributed by atoms with Gasteiger partial charge in [0.15, 0.2) is 5.84 Å². The van der Waals surface area contributed by atoms with Gasteiger partial charge in [-0.25, -0.2) is 4.99 Å². The maximum atomic E-state index is 6.96. The number of nitrogens with zero attached hydrogens (tertiary/aromatic N) is 2. The molecule has 61 heavy (non-hydrogen) atoms. The Morgan fingerprint density at radius 3 is 1.46 bits per heavy atom. The molecule has 8 aromatic carbocycles. The van der Waals surface area contributed by atoms with Gasteiger partial charge in [-0.05, 0) is 73.7 Å². The summed E-state index contributed by atoms with van der Waals surface area (Å²) in [6, 6.07) is 76.1. The lowest BCUT2D eigenvalue weighted by Crippen LogP contribution is -2.29. The topological polar surface area (TPSA) is 76.8 Å². The van der Waals surface area contributed by atoms with Crippen molar-refractivity contribution in [2.45, 2.75) is 18.4 Å². The molecule has 8 aromatic rings. The Balaban J connectivity index is 1.10. The molecule has 0 spiro atoms.